The van der Waals surface area contributed by atoms with Crippen LogP contribution in [0.15, 0.2) is 44.8 Å². The van der Waals surface area contributed by atoms with Crippen LogP contribution in [0.2, 0.25) is 0 Å². The Kier molecular flexibility index (Phi) is 4.97. The first-order chi connectivity index (χ1) is 14.2. The van der Waals surface area contributed by atoms with Gasteiger partial charge in [-0.15, -0.1) is 11.3 Å². The number of thioether (sulfide) groups is 1. The van der Waals surface area contributed by atoms with Gasteiger partial charge in [0.1, 0.15) is 4.83 Å². The number of hydrogen-bond acceptors (Lipinski definition) is 7. The van der Waals surface area contributed by atoms with Crippen molar-refractivity contribution in [2.75, 3.05) is 0 Å². The molecule has 29 heavy (non-hydrogen) atoms. The molecule has 0 atom stereocenters. The molecule has 8 heteroatoms. The van der Waals surface area contributed by atoms with Crippen LogP contribution in [0.5, 0.6) is 0 Å². The molecule has 4 aromatic rings. The Hall–Kier alpha value is -2.45. The first-order valence-electron chi connectivity index (χ1n) is 9.70. The van der Waals surface area contributed by atoms with Gasteiger partial charge >= 0.3 is 0 Å². The van der Waals surface area contributed by atoms with Crippen molar-refractivity contribution < 1.29 is 4.52 Å². The molecule has 0 bridgehead atoms. The van der Waals surface area contributed by atoms with E-state index < -0.39 is 0 Å². The molecular weight excluding hydrogens is 404 g/mol. The molecule has 0 amide bonds. The van der Waals surface area contributed by atoms with E-state index in [9.17, 15) is 4.79 Å². The third kappa shape index (κ3) is 3.62. The van der Waals surface area contributed by atoms with E-state index >= 15 is 0 Å². The molecule has 0 unspecified atom stereocenters. The molecule has 148 valence electrons. The van der Waals surface area contributed by atoms with Crippen LogP contribution >= 0.6 is 23.1 Å². The fourth-order valence-electron chi connectivity index (χ4n) is 3.78. The highest BCUT2D eigenvalue weighted by Crippen LogP contribution is 2.35. The molecule has 1 aromatic carbocycles. The van der Waals surface area contributed by atoms with Gasteiger partial charge in [-0.25, -0.2) is 4.98 Å². The molecule has 1 aliphatic rings. The number of hydrogen-bond donors (Lipinski definition) is 0. The van der Waals surface area contributed by atoms with Gasteiger partial charge in [0.15, 0.2) is 11.0 Å². The molecule has 0 radical (unpaired) electrons. The molecule has 0 spiro atoms. The van der Waals surface area contributed by atoms with Gasteiger partial charge in [-0.1, -0.05) is 47.3 Å². The number of thiophene rings is 1. The van der Waals surface area contributed by atoms with Crippen LogP contribution in [0.4, 0.5) is 0 Å². The van der Waals surface area contributed by atoms with Crippen molar-refractivity contribution in [3.05, 3.63) is 68.4 Å². The van der Waals surface area contributed by atoms with Gasteiger partial charge in [0.25, 0.3) is 5.56 Å². The lowest BCUT2D eigenvalue weighted by molar-refractivity contribution is 0.387. The van der Waals surface area contributed by atoms with Crippen LogP contribution in [0, 0.1) is 6.92 Å². The number of aromatic nitrogens is 4. The quantitative estimate of drug-likeness (QED) is 0.342. The van der Waals surface area contributed by atoms with Gasteiger partial charge < -0.3 is 4.52 Å². The second-order valence-electron chi connectivity index (χ2n) is 7.15. The minimum Gasteiger partial charge on any atom is -0.338 e. The molecule has 6 nitrogen and oxygen atoms in total. The number of rotatable bonds is 6. The van der Waals surface area contributed by atoms with Crippen LogP contribution in [0.1, 0.15) is 34.1 Å². The van der Waals surface area contributed by atoms with Crippen molar-refractivity contribution in [2.24, 2.45) is 0 Å². The van der Waals surface area contributed by atoms with E-state index in [-0.39, 0.29) is 5.56 Å². The van der Waals surface area contributed by atoms with Gasteiger partial charge in [0.05, 0.1) is 11.1 Å². The second-order valence-corrected chi connectivity index (χ2v) is 9.17. The van der Waals surface area contributed by atoms with Gasteiger partial charge in [0, 0.05) is 11.4 Å². The van der Waals surface area contributed by atoms with Crippen LogP contribution in [0.3, 0.4) is 0 Å². The number of nitrogens with zero attached hydrogens (tertiary/aromatic N) is 4. The van der Waals surface area contributed by atoms with Crippen LogP contribution in [0.25, 0.3) is 10.2 Å². The van der Waals surface area contributed by atoms with Crippen LogP contribution < -0.4 is 5.56 Å². The fourth-order valence-corrected chi connectivity index (χ4v) is 5.94. The molecule has 0 aliphatic heterocycles. The van der Waals surface area contributed by atoms with Crippen molar-refractivity contribution >= 4 is 33.3 Å². The van der Waals surface area contributed by atoms with E-state index in [1.54, 1.807) is 18.3 Å². The van der Waals surface area contributed by atoms with Gasteiger partial charge in [-0.05, 0) is 43.7 Å². The Morgan fingerprint density at radius 3 is 2.86 bits per heavy atom. The maximum Gasteiger partial charge on any atom is 0.263 e. The predicted molar refractivity (Wildman–Crippen MR) is 115 cm³/mol. The highest BCUT2D eigenvalue weighted by molar-refractivity contribution is 7.98. The Morgan fingerprint density at radius 1 is 1.21 bits per heavy atom. The largest absolute Gasteiger partial charge is 0.338 e. The van der Waals surface area contributed by atoms with Crippen molar-refractivity contribution in [3.63, 3.8) is 0 Å². The summed E-state index contributed by atoms with van der Waals surface area (Å²) >= 11 is 3.16. The first kappa shape index (κ1) is 18.6. The lowest BCUT2D eigenvalue weighted by atomic mass is 10.1. The maximum absolute atomic E-state index is 13.5. The van der Waals surface area contributed by atoms with Crippen molar-refractivity contribution in [2.45, 2.75) is 50.1 Å². The standard InChI is InChI=1S/C21H20N4O2S2/c1-13-22-17(27-24-13)12-28-21-23-19-18(15-8-5-9-16(15)29-19)20(26)25(21)11-10-14-6-3-2-4-7-14/h2-4,6-7H,5,8-12H2,1H3. The summed E-state index contributed by atoms with van der Waals surface area (Å²) in [6.45, 7) is 2.40. The van der Waals surface area contributed by atoms with Gasteiger partial charge in [0.2, 0.25) is 5.89 Å². The topological polar surface area (TPSA) is 73.8 Å². The number of fused-ring (bicyclic) bond motifs is 3. The average Bonchev–Trinajstić information content (AvgIpc) is 3.42. The molecule has 3 heterocycles. The lowest BCUT2D eigenvalue weighted by Gasteiger charge is -2.12. The summed E-state index contributed by atoms with van der Waals surface area (Å²) in [6.07, 6.45) is 3.96. The summed E-state index contributed by atoms with van der Waals surface area (Å²) in [7, 11) is 0. The summed E-state index contributed by atoms with van der Waals surface area (Å²) in [5.41, 5.74) is 2.51. The molecular formula is C21H20N4O2S2. The van der Waals surface area contributed by atoms with Crippen molar-refractivity contribution in [1.29, 1.82) is 0 Å². The second kappa shape index (κ2) is 7.76. The maximum atomic E-state index is 13.5. The minimum atomic E-state index is 0.0783. The fraction of sp³-hybridized carbons (Fsp3) is 0.333. The minimum absolute atomic E-state index is 0.0783. The van der Waals surface area contributed by atoms with Crippen molar-refractivity contribution in [3.8, 4) is 0 Å². The monoisotopic (exact) mass is 424 g/mol. The third-order valence-corrected chi connectivity index (χ3v) is 7.30. The zero-order valence-corrected chi connectivity index (χ0v) is 17.7. The zero-order valence-electron chi connectivity index (χ0n) is 16.1. The Morgan fingerprint density at radius 2 is 2.07 bits per heavy atom. The SMILES string of the molecule is Cc1noc(CSc2nc3sc4c(c3c(=O)n2CCc2ccccc2)CCC4)n1. The summed E-state index contributed by atoms with van der Waals surface area (Å²) in [5.74, 6) is 1.65. The molecule has 0 saturated heterocycles. The zero-order chi connectivity index (χ0) is 19.8. The molecule has 0 fully saturated rings. The average molecular weight is 425 g/mol. The normalized spacial score (nSPS) is 13.3. The highest BCUT2D eigenvalue weighted by atomic mass is 32.2. The van der Waals surface area contributed by atoms with Crippen molar-refractivity contribution in [1.82, 2.24) is 19.7 Å². The van der Waals surface area contributed by atoms with E-state index in [1.165, 1.54) is 27.8 Å². The van der Waals surface area contributed by atoms with E-state index in [1.807, 2.05) is 22.8 Å². The molecule has 1 aliphatic carbocycles. The van der Waals surface area contributed by atoms with Gasteiger partial charge in [-0.3, -0.25) is 9.36 Å². The van der Waals surface area contributed by atoms with Gasteiger partial charge in [-0.2, -0.15) is 4.98 Å². The van der Waals surface area contributed by atoms with Crippen LogP contribution in [-0.4, -0.2) is 19.7 Å². The Bertz CT molecular complexity index is 1230. The number of aryl methyl sites for hydroxylation is 4. The molecule has 3 aromatic heterocycles. The Balaban J connectivity index is 1.52. The molecule has 0 N–H and O–H groups in total. The Labute approximate surface area is 176 Å². The third-order valence-electron chi connectivity index (χ3n) is 5.15. The van der Waals surface area contributed by atoms with Crippen LogP contribution in [-0.2, 0) is 31.6 Å². The van der Waals surface area contributed by atoms with E-state index in [4.69, 9.17) is 9.51 Å². The predicted octanol–water partition coefficient (Wildman–Crippen LogP) is 4.17. The summed E-state index contributed by atoms with van der Waals surface area (Å²) in [5, 5.41) is 5.39. The first-order valence-corrected chi connectivity index (χ1v) is 11.5. The van der Waals surface area contributed by atoms with E-state index in [0.717, 1.165) is 35.9 Å². The summed E-state index contributed by atoms with van der Waals surface area (Å²) in [6, 6.07) is 10.2. The lowest BCUT2D eigenvalue weighted by Crippen LogP contribution is -2.24. The summed E-state index contributed by atoms with van der Waals surface area (Å²) in [4.78, 5) is 24.8. The highest BCUT2D eigenvalue weighted by Gasteiger charge is 2.23. The van der Waals surface area contributed by atoms with E-state index in [2.05, 4.69) is 22.3 Å². The smallest absolute Gasteiger partial charge is 0.263 e. The number of benzene rings is 1. The molecule has 5 rings (SSSR count). The summed E-state index contributed by atoms with van der Waals surface area (Å²) < 4.78 is 7.06. The molecule has 0 saturated carbocycles. The van der Waals surface area contributed by atoms with E-state index in [0.29, 0.717) is 29.2 Å².